The van der Waals surface area contributed by atoms with E-state index in [1.165, 1.54) is 0 Å². The minimum absolute atomic E-state index is 0.0455. The molecule has 9 heteroatoms. The van der Waals surface area contributed by atoms with Gasteiger partial charge in [0.05, 0.1) is 0 Å². The van der Waals surface area contributed by atoms with Crippen molar-refractivity contribution < 1.29 is 38.5 Å². The van der Waals surface area contributed by atoms with Crippen LogP contribution in [0.25, 0.3) is 11.1 Å². The number of benzene rings is 2. The van der Waals surface area contributed by atoms with Gasteiger partial charge in [-0.15, -0.1) is 0 Å². The highest BCUT2D eigenvalue weighted by Gasteiger charge is 2.45. The summed E-state index contributed by atoms with van der Waals surface area (Å²) in [7, 11) is 0. The van der Waals surface area contributed by atoms with Gasteiger partial charge < -0.3 is 25.1 Å². The van der Waals surface area contributed by atoms with Crippen LogP contribution in [0.5, 0.6) is 0 Å². The van der Waals surface area contributed by atoms with E-state index in [0.29, 0.717) is 0 Å². The van der Waals surface area contributed by atoms with E-state index in [2.05, 4.69) is 0 Å². The van der Waals surface area contributed by atoms with Gasteiger partial charge in [-0.05, 0) is 83.1 Å². The molecule has 0 saturated heterocycles. The van der Waals surface area contributed by atoms with Gasteiger partial charge in [0.25, 0.3) is 0 Å². The highest BCUT2D eigenvalue weighted by Crippen LogP contribution is 2.44. The lowest BCUT2D eigenvalue weighted by molar-refractivity contribution is -0.174. The van der Waals surface area contributed by atoms with Crippen LogP contribution in [0.2, 0.25) is 0 Å². The smallest absolute Gasteiger partial charge is 0.337 e. The summed E-state index contributed by atoms with van der Waals surface area (Å²) in [6, 6.07) is 15.6. The maximum atomic E-state index is 13.1. The van der Waals surface area contributed by atoms with Crippen molar-refractivity contribution in [3.8, 4) is 11.1 Å². The summed E-state index contributed by atoms with van der Waals surface area (Å²) in [5.41, 5.74) is 6.05. The Bertz CT molecular complexity index is 1200. The maximum absolute atomic E-state index is 13.1. The standard InChI is InChI=1S/C31H39NO8/c1-29(2,3)39-25(33)23(26(34)40-30(4,5)6)16-11-17-31(32,27(35)36)28(37)38-18-24-21-14-9-7-12-19(21)20-13-8-10-15-22(20)24/h7-10,12-15,23-24H,11,16-18,32H2,1-6H3,(H,35,36)/t31-/m0/s1. The molecule has 0 fully saturated rings. The van der Waals surface area contributed by atoms with E-state index in [1.807, 2.05) is 48.5 Å². The summed E-state index contributed by atoms with van der Waals surface area (Å²) in [4.78, 5) is 50.9. The van der Waals surface area contributed by atoms with Crippen LogP contribution in [0.15, 0.2) is 48.5 Å². The van der Waals surface area contributed by atoms with Crippen molar-refractivity contribution in [3.63, 3.8) is 0 Å². The van der Waals surface area contributed by atoms with Gasteiger partial charge in [0, 0.05) is 5.92 Å². The molecular weight excluding hydrogens is 514 g/mol. The molecule has 0 aromatic heterocycles. The average Bonchev–Trinajstić information content (AvgIpc) is 3.16. The molecule has 3 rings (SSSR count). The molecule has 0 saturated carbocycles. The zero-order valence-electron chi connectivity index (χ0n) is 24.0. The van der Waals surface area contributed by atoms with E-state index in [9.17, 15) is 24.3 Å². The first-order chi connectivity index (χ1) is 18.5. The predicted molar refractivity (Wildman–Crippen MR) is 148 cm³/mol. The maximum Gasteiger partial charge on any atom is 0.337 e. The molecule has 216 valence electrons. The van der Waals surface area contributed by atoms with E-state index in [-0.39, 0.29) is 31.8 Å². The largest absolute Gasteiger partial charge is 0.479 e. The molecule has 1 aliphatic rings. The van der Waals surface area contributed by atoms with Crippen LogP contribution in [0.4, 0.5) is 0 Å². The fourth-order valence-corrected chi connectivity index (χ4v) is 4.69. The van der Waals surface area contributed by atoms with E-state index >= 15 is 0 Å². The second-order valence-corrected chi connectivity index (χ2v) is 12.1. The number of esters is 3. The predicted octanol–water partition coefficient (Wildman–Crippen LogP) is 4.59. The number of hydrogen-bond acceptors (Lipinski definition) is 8. The first-order valence-electron chi connectivity index (χ1n) is 13.4. The summed E-state index contributed by atoms with van der Waals surface area (Å²) in [5, 5.41) is 9.89. The van der Waals surface area contributed by atoms with Crippen LogP contribution in [0.3, 0.4) is 0 Å². The van der Waals surface area contributed by atoms with Gasteiger partial charge in [0.2, 0.25) is 5.54 Å². The number of carbonyl (C=O) groups is 4. The van der Waals surface area contributed by atoms with Crippen LogP contribution >= 0.6 is 0 Å². The van der Waals surface area contributed by atoms with E-state index in [4.69, 9.17) is 19.9 Å². The Morgan fingerprint density at radius 1 is 0.825 bits per heavy atom. The van der Waals surface area contributed by atoms with Gasteiger partial charge >= 0.3 is 23.9 Å². The molecule has 0 heterocycles. The Labute approximate surface area is 235 Å². The fourth-order valence-electron chi connectivity index (χ4n) is 4.69. The first-order valence-corrected chi connectivity index (χ1v) is 13.4. The second kappa shape index (κ2) is 11.8. The topological polar surface area (TPSA) is 142 Å². The zero-order valence-corrected chi connectivity index (χ0v) is 24.0. The Hall–Kier alpha value is -3.72. The highest BCUT2D eigenvalue weighted by atomic mass is 16.6. The number of fused-ring (bicyclic) bond motifs is 3. The van der Waals surface area contributed by atoms with Gasteiger partial charge in [-0.25, -0.2) is 9.59 Å². The molecule has 1 atom stereocenters. The average molecular weight is 554 g/mol. The number of nitrogens with two attached hydrogens (primary N) is 1. The van der Waals surface area contributed by atoms with Gasteiger partial charge in [0.1, 0.15) is 17.8 Å². The van der Waals surface area contributed by atoms with Crippen LogP contribution in [0, 0.1) is 5.92 Å². The van der Waals surface area contributed by atoms with Gasteiger partial charge in [-0.1, -0.05) is 48.5 Å². The quantitative estimate of drug-likeness (QED) is 0.245. The fraction of sp³-hybridized carbons (Fsp3) is 0.484. The van der Waals surface area contributed by atoms with Crippen molar-refractivity contribution >= 4 is 23.9 Å². The molecule has 9 nitrogen and oxygen atoms in total. The highest BCUT2D eigenvalue weighted by molar-refractivity contribution is 6.04. The van der Waals surface area contributed by atoms with E-state index in [1.54, 1.807) is 41.5 Å². The molecule has 0 radical (unpaired) electrons. The van der Waals surface area contributed by atoms with Crippen LogP contribution in [-0.4, -0.2) is 52.3 Å². The lowest BCUT2D eigenvalue weighted by atomic mass is 9.90. The van der Waals surface area contributed by atoms with Crippen LogP contribution in [0.1, 0.15) is 77.8 Å². The Morgan fingerprint density at radius 3 is 1.70 bits per heavy atom. The molecule has 0 spiro atoms. The number of carbonyl (C=O) groups excluding carboxylic acids is 3. The first kappa shape index (κ1) is 30.8. The molecular formula is C31H39NO8. The van der Waals surface area contributed by atoms with Crippen molar-refractivity contribution in [2.24, 2.45) is 11.7 Å². The SMILES string of the molecule is CC(C)(C)OC(=O)C(CCC[C@](N)(C(=O)O)C(=O)OCC1c2ccccc2-c2ccccc21)C(=O)OC(C)(C)C. The summed E-state index contributed by atoms with van der Waals surface area (Å²) >= 11 is 0. The van der Waals surface area contributed by atoms with Crippen molar-refractivity contribution in [2.45, 2.75) is 83.5 Å². The van der Waals surface area contributed by atoms with Crippen molar-refractivity contribution in [1.82, 2.24) is 0 Å². The molecule has 0 amide bonds. The summed E-state index contributed by atoms with van der Waals surface area (Å²) in [5.74, 6) is -5.80. The Morgan fingerprint density at radius 2 is 1.27 bits per heavy atom. The number of hydrogen-bond donors (Lipinski definition) is 2. The molecule has 0 bridgehead atoms. The van der Waals surface area contributed by atoms with E-state index in [0.717, 1.165) is 22.3 Å². The monoisotopic (exact) mass is 553 g/mol. The third-order valence-electron chi connectivity index (χ3n) is 6.54. The lowest BCUT2D eigenvalue weighted by Crippen LogP contribution is -2.56. The van der Waals surface area contributed by atoms with Crippen molar-refractivity contribution in [1.29, 1.82) is 0 Å². The molecule has 0 aliphatic heterocycles. The number of ether oxygens (including phenoxy) is 3. The Balaban J connectivity index is 1.71. The summed E-state index contributed by atoms with van der Waals surface area (Å²) in [6.45, 7) is 9.94. The number of carboxylic acid groups (broad SMARTS) is 1. The number of carboxylic acids is 1. The minimum Gasteiger partial charge on any atom is -0.479 e. The third-order valence-corrected chi connectivity index (χ3v) is 6.54. The summed E-state index contributed by atoms with van der Waals surface area (Å²) < 4.78 is 16.3. The van der Waals surface area contributed by atoms with E-state index < -0.39 is 46.5 Å². The lowest BCUT2D eigenvalue weighted by Gasteiger charge is -2.27. The molecule has 40 heavy (non-hydrogen) atoms. The van der Waals surface area contributed by atoms with Crippen LogP contribution < -0.4 is 5.73 Å². The minimum atomic E-state index is -2.37. The Kier molecular flexibility index (Phi) is 9.09. The normalized spacial score (nSPS) is 14.6. The summed E-state index contributed by atoms with van der Waals surface area (Å²) in [6.07, 6.45) is -0.524. The molecule has 2 aromatic rings. The molecule has 2 aromatic carbocycles. The third kappa shape index (κ3) is 7.27. The molecule has 0 unspecified atom stereocenters. The van der Waals surface area contributed by atoms with Gasteiger partial charge in [-0.2, -0.15) is 0 Å². The number of rotatable bonds is 10. The van der Waals surface area contributed by atoms with Gasteiger partial charge in [0.15, 0.2) is 5.92 Å². The zero-order chi connectivity index (χ0) is 29.9. The molecule has 3 N–H and O–H groups in total. The van der Waals surface area contributed by atoms with Gasteiger partial charge in [-0.3, -0.25) is 9.59 Å². The molecule has 1 aliphatic carbocycles. The van der Waals surface area contributed by atoms with Crippen molar-refractivity contribution in [3.05, 3.63) is 59.7 Å². The number of aliphatic carboxylic acids is 1. The second-order valence-electron chi connectivity index (χ2n) is 12.1. The van der Waals surface area contributed by atoms with Crippen LogP contribution in [-0.2, 0) is 33.4 Å². The van der Waals surface area contributed by atoms with Crippen molar-refractivity contribution in [2.75, 3.05) is 6.61 Å².